The Labute approximate surface area is 112 Å². The molecular weight excluding hydrogens is 240 g/mol. The molecular formula is C14H20N4O. The summed E-state index contributed by atoms with van der Waals surface area (Å²) >= 11 is 0. The lowest BCUT2D eigenvalue weighted by atomic mass is 10.3. The first-order valence-corrected chi connectivity index (χ1v) is 6.57. The minimum atomic E-state index is -0.0342. The molecule has 2 heterocycles. The van der Waals surface area contributed by atoms with E-state index in [0.717, 1.165) is 25.3 Å². The molecule has 0 fully saturated rings. The highest BCUT2D eigenvalue weighted by Gasteiger charge is 2.01. The molecule has 0 atom stereocenters. The predicted octanol–water partition coefficient (Wildman–Crippen LogP) is 0.736. The third-order valence-electron chi connectivity index (χ3n) is 3.14. The van der Waals surface area contributed by atoms with Crippen molar-refractivity contribution in [3.8, 4) is 0 Å². The molecule has 2 aromatic heterocycles. The number of hydrogen-bond donors (Lipinski definition) is 1. The standard InChI is InChI=1S/C14H20N4O/c1-3-17(2)9-7-15-11-12-10-14(19)18-8-5-4-6-13(18)16-12/h4-6,8,10,15H,3,7,9,11H2,1-2H3. The Morgan fingerprint density at radius 3 is 3.05 bits per heavy atom. The number of rotatable bonds is 6. The van der Waals surface area contributed by atoms with Gasteiger partial charge in [-0.25, -0.2) is 4.98 Å². The van der Waals surface area contributed by atoms with Gasteiger partial charge in [0.1, 0.15) is 5.65 Å². The molecule has 0 aromatic carbocycles. The first-order valence-electron chi connectivity index (χ1n) is 6.57. The van der Waals surface area contributed by atoms with E-state index in [9.17, 15) is 4.79 Å². The molecule has 5 heteroatoms. The summed E-state index contributed by atoms with van der Waals surface area (Å²) in [6, 6.07) is 7.14. The highest BCUT2D eigenvalue weighted by Crippen LogP contribution is 1.98. The van der Waals surface area contributed by atoms with Crippen molar-refractivity contribution in [2.24, 2.45) is 0 Å². The molecule has 2 aromatic rings. The zero-order valence-electron chi connectivity index (χ0n) is 11.5. The zero-order valence-corrected chi connectivity index (χ0v) is 11.5. The van der Waals surface area contributed by atoms with Crippen LogP contribution in [0.25, 0.3) is 5.65 Å². The van der Waals surface area contributed by atoms with E-state index < -0.39 is 0 Å². The van der Waals surface area contributed by atoms with Crippen LogP contribution in [0, 0.1) is 0 Å². The molecule has 2 rings (SSSR count). The highest BCUT2D eigenvalue weighted by molar-refractivity contribution is 5.37. The Hall–Kier alpha value is -1.72. The van der Waals surface area contributed by atoms with E-state index >= 15 is 0 Å². The molecule has 1 N–H and O–H groups in total. The van der Waals surface area contributed by atoms with E-state index in [2.05, 4.69) is 29.2 Å². The van der Waals surface area contributed by atoms with Crippen LogP contribution in [0.5, 0.6) is 0 Å². The summed E-state index contributed by atoms with van der Waals surface area (Å²) in [4.78, 5) is 18.6. The monoisotopic (exact) mass is 260 g/mol. The molecule has 0 amide bonds. The maximum Gasteiger partial charge on any atom is 0.258 e. The van der Waals surface area contributed by atoms with E-state index in [1.165, 1.54) is 0 Å². The summed E-state index contributed by atoms with van der Waals surface area (Å²) < 4.78 is 1.55. The summed E-state index contributed by atoms with van der Waals surface area (Å²) in [6.07, 6.45) is 1.73. The number of fused-ring (bicyclic) bond motifs is 1. The minimum Gasteiger partial charge on any atom is -0.310 e. The fourth-order valence-corrected chi connectivity index (χ4v) is 1.84. The number of pyridine rings is 1. The normalized spacial score (nSPS) is 11.3. The number of likely N-dealkylation sites (N-methyl/N-ethyl adjacent to an activating group) is 1. The molecule has 0 radical (unpaired) electrons. The Kier molecular flexibility index (Phi) is 4.65. The summed E-state index contributed by atoms with van der Waals surface area (Å²) in [5.41, 5.74) is 1.45. The van der Waals surface area contributed by atoms with Gasteiger partial charge in [-0.3, -0.25) is 9.20 Å². The van der Waals surface area contributed by atoms with E-state index in [1.54, 1.807) is 16.7 Å². The van der Waals surface area contributed by atoms with Gasteiger partial charge in [0.05, 0.1) is 5.69 Å². The molecule has 102 valence electrons. The van der Waals surface area contributed by atoms with Crippen LogP contribution in [0.2, 0.25) is 0 Å². The number of nitrogens with zero attached hydrogens (tertiary/aromatic N) is 3. The topological polar surface area (TPSA) is 49.6 Å². The van der Waals surface area contributed by atoms with Crippen LogP contribution in [0.15, 0.2) is 35.3 Å². The van der Waals surface area contributed by atoms with Gasteiger partial charge in [-0.15, -0.1) is 0 Å². The predicted molar refractivity (Wildman–Crippen MR) is 76.3 cm³/mol. The van der Waals surface area contributed by atoms with E-state index in [-0.39, 0.29) is 5.56 Å². The Balaban J connectivity index is 2.00. The van der Waals surface area contributed by atoms with Crippen LogP contribution in [-0.2, 0) is 6.54 Å². The largest absolute Gasteiger partial charge is 0.310 e. The maximum atomic E-state index is 11.9. The van der Waals surface area contributed by atoms with Crippen LogP contribution in [0.3, 0.4) is 0 Å². The second-order valence-electron chi connectivity index (χ2n) is 4.59. The van der Waals surface area contributed by atoms with Crippen molar-refractivity contribution in [2.75, 3.05) is 26.7 Å². The summed E-state index contributed by atoms with van der Waals surface area (Å²) in [5.74, 6) is 0. The highest BCUT2D eigenvalue weighted by atomic mass is 16.1. The molecule has 0 aliphatic carbocycles. The fraction of sp³-hybridized carbons (Fsp3) is 0.429. The fourth-order valence-electron chi connectivity index (χ4n) is 1.84. The number of nitrogens with one attached hydrogen (secondary N) is 1. The smallest absolute Gasteiger partial charge is 0.258 e. The maximum absolute atomic E-state index is 11.9. The van der Waals surface area contributed by atoms with Gasteiger partial charge in [0, 0.05) is 31.9 Å². The van der Waals surface area contributed by atoms with Gasteiger partial charge in [0.15, 0.2) is 0 Å². The second-order valence-corrected chi connectivity index (χ2v) is 4.59. The third kappa shape index (κ3) is 3.62. The van der Waals surface area contributed by atoms with Gasteiger partial charge in [0.25, 0.3) is 5.56 Å². The van der Waals surface area contributed by atoms with Crippen molar-refractivity contribution in [2.45, 2.75) is 13.5 Å². The van der Waals surface area contributed by atoms with Crippen molar-refractivity contribution in [1.82, 2.24) is 19.6 Å². The first-order chi connectivity index (χ1) is 9.20. The molecule has 0 saturated carbocycles. The van der Waals surface area contributed by atoms with Crippen molar-refractivity contribution < 1.29 is 0 Å². The average Bonchev–Trinajstić information content (AvgIpc) is 2.43. The molecule has 19 heavy (non-hydrogen) atoms. The number of aromatic nitrogens is 2. The van der Waals surface area contributed by atoms with Crippen molar-refractivity contribution in [3.63, 3.8) is 0 Å². The van der Waals surface area contributed by atoms with Crippen molar-refractivity contribution in [3.05, 3.63) is 46.5 Å². The van der Waals surface area contributed by atoms with Crippen LogP contribution in [-0.4, -0.2) is 41.0 Å². The minimum absolute atomic E-state index is 0.0342. The van der Waals surface area contributed by atoms with Crippen molar-refractivity contribution >= 4 is 5.65 Å². The third-order valence-corrected chi connectivity index (χ3v) is 3.14. The van der Waals surface area contributed by atoms with Crippen LogP contribution in [0.4, 0.5) is 0 Å². The van der Waals surface area contributed by atoms with Crippen LogP contribution >= 0.6 is 0 Å². The zero-order chi connectivity index (χ0) is 13.7. The first kappa shape index (κ1) is 13.7. The summed E-state index contributed by atoms with van der Waals surface area (Å²) in [5, 5.41) is 3.31. The molecule has 0 saturated heterocycles. The lowest BCUT2D eigenvalue weighted by Crippen LogP contribution is -2.29. The SMILES string of the molecule is CCN(C)CCNCc1cc(=O)n2ccccc2n1. The van der Waals surface area contributed by atoms with Gasteiger partial charge in [0.2, 0.25) is 0 Å². The number of hydrogen-bond acceptors (Lipinski definition) is 4. The average molecular weight is 260 g/mol. The van der Waals surface area contributed by atoms with E-state index in [0.29, 0.717) is 12.2 Å². The lowest BCUT2D eigenvalue weighted by molar-refractivity contribution is 0.348. The van der Waals surface area contributed by atoms with Gasteiger partial charge in [-0.2, -0.15) is 0 Å². The van der Waals surface area contributed by atoms with Crippen LogP contribution in [0.1, 0.15) is 12.6 Å². The molecule has 0 aliphatic heterocycles. The molecule has 0 unspecified atom stereocenters. The van der Waals surface area contributed by atoms with Gasteiger partial charge in [-0.1, -0.05) is 13.0 Å². The Bertz CT molecular complexity index is 593. The Morgan fingerprint density at radius 1 is 1.42 bits per heavy atom. The lowest BCUT2D eigenvalue weighted by Gasteiger charge is -2.13. The molecule has 0 bridgehead atoms. The van der Waals surface area contributed by atoms with E-state index in [1.807, 2.05) is 18.2 Å². The quantitative estimate of drug-likeness (QED) is 0.778. The van der Waals surface area contributed by atoms with Crippen LogP contribution < -0.4 is 10.9 Å². The Morgan fingerprint density at radius 2 is 2.26 bits per heavy atom. The molecule has 0 aliphatic rings. The summed E-state index contributed by atoms with van der Waals surface area (Å²) in [6.45, 7) is 5.67. The molecule has 5 nitrogen and oxygen atoms in total. The van der Waals surface area contributed by atoms with Gasteiger partial charge < -0.3 is 10.2 Å². The summed E-state index contributed by atoms with van der Waals surface area (Å²) in [7, 11) is 2.09. The van der Waals surface area contributed by atoms with E-state index in [4.69, 9.17) is 0 Å². The second kappa shape index (κ2) is 6.45. The van der Waals surface area contributed by atoms with Gasteiger partial charge in [-0.05, 0) is 25.7 Å². The molecule has 0 spiro atoms. The van der Waals surface area contributed by atoms with Crippen molar-refractivity contribution in [1.29, 1.82) is 0 Å². The van der Waals surface area contributed by atoms with Gasteiger partial charge >= 0.3 is 0 Å².